The van der Waals surface area contributed by atoms with E-state index in [4.69, 9.17) is 4.74 Å². The summed E-state index contributed by atoms with van der Waals surface area (Å²) in [6.07, 6.45) is 1.23. The third-order valence-corrected chi connectivity index (χ3v) is 5.17. The largest absolute Gasteiger partial charge is 0.377 e. The van der Waals surface area contributed by atoms with Crippen molar-refractivity contribution < 1.29 is 21.9 Å². The molecular weight excluding hydrogens is 336 g/mol. The van der Waals surface area contributed by atoms with Gasteiger partial charge in [0.05, 0.1) is 17.5 Å². The number of rotatable bonds is 5. The monoisotopic (exact) mass is 353 g/mol. The van der Waals surface area contributed by atoms with E-state index in [2.05, 4.69) is 4.72 Å². The van der Waals surface area contributed by atoms with Crippen LogP contribution in [0.2, 0.25) is 0 Å². The van der Waals surface area contributed by atoms with Crippen LogP contribution in [0.3, 0.4) is 0 Å². The van der Waals surface area contributed by atoms with Crippen molar-refractivity contribution in [3.8, 4) is 11.1 Å². The Morgan fingerprint density at radius 2 is 1.79 bits per heavy atom. The standard InChI is InChI=1S/C17H17F2NO3S/c18-13-5-3-12(4-6-13)16-10-14(19)7-8-17(16)20-24(21,22)11-15-2-1-9-23-15/h3-8,10,15,20H,1-2,9,11H2/t15-/m1/s1. The smallest absolute Gasteiger partial charge is 0.235 e. The summed E-state index contributed by atoms with van der Waals surface area (Å²) < 4.78 is 59.2. The van der Waals surface area contributed by atoms with Crippen LogP contribution in [0.1, 0.15) is 12.8 Å². The molecule has 24 heavy (non-hydrogen) atoms. The minimum atomic E-state index is -3.64. The van der Waals surface area contributed by atoms with Crippen LogP contribution in [0.25, 0.3) is 11.1 Å². The fourth-order valence-electron chi connectivity index (χ4n) is 2.70. The average Bonchev–Trinajstić information content (AvgIpc) is 3.02. The normalized spacial score (nSPS) is 17.8. The molecule has 1 heterocycles. The van der Waals surface area contributed by atoms with Gasteiger partial charge in [-0.05, 0) is 48.7 Å². The maximum atomic E-state index is 13.6. The molecule has 0 bridgehead atoms. The molecule has 1 fully saturated rings. The van der Waals surface area contributed by atoms with Gasteiger partial charge in [-0.15, -0.1) is 0 Å². The van der Waals surface area contributed by atoms with Crippen LogP contribution in [-0.2, 0) is 14.8 Å². The van der Waals surface area contributed by atoms with Gasteiger partial charge in [0.2, 0.25) is 10.0 Å². The lowest BCUT2D eigenvalue weighted by Gasteiger charge is -2.15. The number of hydrogen-bond acceptors (Lipinski definition) is 3. The Hall–Kier alpha value is -1.99. The van der Waals surface area contributed by atoms with Crippen LogP contribution in [0.4, 0.5) is 14.5 Å². The summed E-state index contributed by atoms with van der Waals surface area (Å²) >= 11 is 0. The molecule has 2 aromatic carbocycles. The van der Waals surface area contributed by atoms with Crippen LogP contribution in [0.5, 0.6) is 0 Å². The quantitative estimate of drug-likeness (QED) is 0.894. The van der Waals surface area contributed by atoms with Gasteiger partial charge in [-0.1, -0.05) is 12.1 Å². The number of hydrogen-bond donors (Lipinski definition) is 1. The molecule has 3 rings (SSSR count). The first-order valence-electron chi connectivity index (χ1n) is 7.60. The lowest BCUT2D eigenvalue weighted by atomic mass is 10.0. The Morgan fingerprint density at radius 1 is 1.08 bits per heavy atom. The Balaban J connectivity index is 1.88. The van der Waals surface area contributed by atoms with E-state index in [-0.39, 0.29) is 17.5 Å². The predicted octanol–water partition coefficient (Wildman–Crippen LogP) is 3.55. The maximum absolute atomic E-state index is 13.6. The summed E-state index contributed by atoms with van der Waals surface area (Å²) in [5.74, 6) is -1.07. The van der Waals surface area contributed by atoms with Crippen LogP contribution >= 0.6 is 0 Å². The molecule has 0 unspecified atom stereocenters. The summed E-state index contributed by atoms with van der Waals surface area (Å²) in [4.78, 5) is 0. The molecule has 1 saturated heterocycles. The Morgan fingerprint density at radius 3 is 2.46 bits per heavy atom. The van der Waals surface area contributed by atoms with E-state index in [0.29, 0.717) is 24.2 Å². The first kappa shape index (κ1) is 16.9. The number of anilines is 1. The van der Waals surface area contributed by atoms with Crippen LogP contribution in [0, 0.1) is 11.6 Å². The van der Waals surface area contributed by atoms with E-state index in [1.165, 1.54) is 42.5 Å². The second kappa shape index (κ2) is 6.86. The molecule has 0 saturated carbocycles. The van der Waals surface area contributed by atoms with Gasteiger partial charge in [-0.3, -0.25) is 4.72 Å². The van der Waals surface area contributed by atoms with E-state index in [1.54, 1.807) is 0 Å². The summed E-state index contributed by atoms with van der Waals surface area (Å²) in [6.45, 7) is 0.567. The number of halogens is 2. The van der Waals surface area contributed by atoms with Gasteiger partial charge < -0.3 is 4.74 Å². The second-order valence-corrected chi connectivity index (χ2v) is 7.48. The zero-order valence-corrected chi connectivity index (χ0v) is 13.7. The molecule has 128 valence electrons. The van der Waals surface area contributed by atoms with Crippen molar-refractivity contribution in [2.75, 3.05) is 17.1 Å². The van der Waals surface area contributed by atoms with E-state index >= 15 is 0 Å². The zero-order chi connectivity index (χ0) is 17.2. The zero-order valence-electron chi connectivity index (χ0n) is 12.8. The number of benzene rings is 2. The molecule has 0 aliphatic carbocycles. The third-order valence-electron chi connectivity index (χ3n) is 3.83. The van der Waals surface area contributed by atoms with Crippen molar-refractivity contribution in [2.24, 2.45) is 0 Å². The van der Waals surface area contributed by atoms with Crippen molar-refractivity contribution in [2.45, 2.75) is 18.9 Å². The van der Waals surface area contributed by atoms with Gasteiger partial charge in [0.1, 0.15) is 11.6 Å². The highest BCUT2D eigenvalue weighted by Crippen LogP contribution is 2.30. The Kier molecular flexibility index (Phi) is 4.82. The molecule has 1 N–H and O–H groups in total. The number of ether oxygens (including phenoxy) is 1. The molecule has 0 amide bonds. The van der Waals surface area contributed by atoms with Crippen molar-refractivity contribution in [1.29, 1.82) is 0 Å². The fraction of sp³-hybridized carbons (Fsp3) is 0.294. The highest BCUT2D eigenvalue weighted by molar-refractivity contribution is 7.92. The van der Waals surface area contributed by atoms with E-state index < -0.39 is 21.7 Å². The number of nitrogens with one attached hydrogen (secondary N) is 1. The second-order valence-electron chi connectivity index (χ2n) is 5.72. The van der Waals surface area contributed by atoms with Gasteiger partial charge in [0, 0.05) is 12.2 Å². The maximum Gasteiger partial charge on any atom is 0.235 e. The van der Waals surface area contributed by atoms with Crippen molar-refractivity contribution in [3.05, 3.63) is 54.1 Å². The first-order chi connectivity index (χ1) is 11.4. The highest BCUT2D eigenvalue weighted by Gasteiger charge is 2.24. The fourth-order valence-corrected chi connectivity index (χ4v) is 4.05. The molecule has 1 atom stereocenters. The van der Waals surface area contributed by atoms with Crippen LogP contribution in [-0.4, -0.2) is 26.9 Å². The number of sulfonamides is 1. The SMILES string of the molecule is O=S(=O)(C[C@H]1CCCO1)Nc1ccc(F)cc1-c1ccc(F)cc1. The van der Waals surface area contributed by atoms with Gasteiger partial charge in [0.15, 0.2) is 0 Å². The molecule has 2 aromatic rings. The molecule has 7 heteroatoms. The molecule has 0 aromatic heterocycles. The van der Waals surface area contributed by atoms with Crippen LogP contribution < -0.4 is 4.72 Å². The molecule has 1 aliphatic heterocycles. The summed E-state index contributed by atoms with van der Waals surface area (Å²) in [5, 5.41) is 0. The molecule has 0 spiro atoms. The average molecular weight is 353 g/mol. The minimum absolute atomic E-state index is 0.146. The predicted molar refractivity (Wildman–Crippen MR) is 88.2 cm³/mol. The van der Waals surface area contributed by atoms with Crippen molar-refractivity contribution in [3.63, 3.8) is 0 Å². The lowest BCUT2D eigenvalue weighted by Crippen LogP contribution is -2.25. The van der Waals surface area contributed by atoms with Crippen molar-refractivity contribution >= 4 is 15.7 Å². The van der Waals surface area contributed by atoms with E-state index in [1.807, 2.05) is 0 Å². The van der Waals surface area contributed by atoms with E-state index in [0.717, 1.165) is 6.42 Å². The van der Waals surface area contributed by atoms with Crippen molar-refractivity contribution in [1.82, 2.24) is 0 Å². The lowest BCUT2D eigenvalue weighted by molar-refractivity contribution is 0.127. The topological polar surface area (TPSA) is 55.4 Å². The minimum Gasteiger partial charge on any atom is -0.377 e. The van der Waals surface area contributed by atoms with E-state index in [9.17, 15) is 17.2 Å². The Bertz CT molecular complexity index is 816. The molecular formula is C17H17F2NO3S. The molecule has 0 radical (unpaired) electrons. The van der Waals surface area contributed by atoms with Gasteiger partial charge >= 0.3 is 0 Å². The van der Waals surface area contributed by atoms with Gasteiger partial charge in [-0.25, -0.2) is 17.2 Å². The van der Waals surface area contributed by atoms with Crippen LogP contribution in [0.15, 0.2) is 42.5 Å². The molecule has 4 nitrogen and oxygen atoms in total. The summed E-state index contributed by atoms with van der Waals surface area (Å²) in [7, 11) is -3.64. The highest BCUT2D eigenvalue weighted by atomic mass is 32.2. The van der Waals surface area contributed by atoms with Gasteiger partial charge in [0.25, 0.3) is 0 Å². The van der Waals surface area contributed by atoms with Gasteiger partial charge in [-0.2, -0.15) is 0 Å². The first-order valence-corrected chi connectivity index (χ1v) is 9.26. The molecule has 1 aliphatic rings. The Labute approximate surface area is 139 Å². The summed E-state index contributed by atoms with van der Waals surface area (Å²) in [5.41, 5.74) is 1.12. The third kappa shape index (κ3) is 4.10. The summed E-state index contributed by atoms with van der Waals surface area (Å²) in [6, 6.07) is 9.19.